The summed E-state index contributed by atoms with van der Waals surface area (Å²) in [5.74, 6) is 0.308. The topological polar surface area (TPSA) is 91.4 Å². The average Bonchev–Trinajstić information content (AvgIpc) is 3.24. The first-order chi connectivity index (χ1) is 11.7. The zero-order valence-corrected chi connectivity index (χ0v) is 13.7. The van der Waals surface area contributed by atoms with Crippen molar-refractivity contribution in [2.45, 2.75) is 44.1 Å². The van der Waals surface area contributed by atoms with E-state index in [4.69, 9.17) is 4.74 Å². The summed E-state index contributed by atoms with van der Waals surface area (Å²) in [7, 11) is 0. The van der Waals surface area contributed by atoms with Crippen LogP contribution in [0.4, 0.5) is 5.95 Å². The van der Waals surface area contributed by atoms with E-state index in [-0.39, 0.29) is 24.2 Å². The third kappa shape index (κ3) is 2.63. The minimum atomic E-state index is -0.533. The van der Waals surface area contributed by atoms with Crippen LogP contribution in [0, 0.1) is 5.92 Å². The van der Waals surface area contributed by atoms with Crippen molar-refractivity contribution in [3.05, 3.63) is 6.33 Å². The minimum Gasteiger partial charge on any atom is -0.458 e. The summed E-state index contributed by atoms with van der Waals surface area (Å²) in [4.78, 5) is 33.1. The van der Waals surface area contributed by atoms with Gasteiger partial charge in [0, 0.05) is 26.2 Å². The molecule has 3 fully saturated rings. The standard InChI is InChI=1S/C16H23N5O3/c22-13-10-12(16(24-13)4-2-1-3-5-16)14(23)20-6-8-21(9-7-20)15-17-11-18-19-15/h11-12H,1-10H2,(H,17,18,19)/t12-/m1/s1. The average molecular weight is 333 g/mol. The third-order valence-corrected chi connectivity index (χ3v) is 5.61. The van der Waals surface area contributed by atoms with Crippen LogP contribution in [0.2, 0.25) is 0 Å². The zero-order valence-electron chi connectivity index (χ0n) is 13.7. The molecule has 8 nitrogen and oxygen atoms in total. The molecule has 24 heavy (non-hydrogen) atoms. The van der Waals surface area contributed by atoms with Crippen LogP contribution in [0.15, 0.2) is 6.33 Å². The number of aromatic nitrogens is 3. The van der Waals surface area contributed by atoms with Crippen LogP contribution in [0.1, 0.15) is 38.5 Å². The fourth-order valence-electron chi connectivity index (χ4n) is 4.32. The summed E-state index contributed by atoms with van der Waals surface area (Å²) >= 11 is 0. The van der Waals surface area contributed by atoms with Crippen molar-refractivity contribution < 1.29 is 14.3 Å². The molecule has 1 spiro atoms. The maximum Gasteiger partial charge on any atom is 0.307 e. The molecule has 1 aliphatic carbocycles. The first-order valence-corrected chi connectivity index (χ1v) is 8.79. The summed E-state index contributed by atoms with van der Waals surface area (Å²) < 4.78 is 5.67. The van der Waals surface area contributed by atoms with Crippen LogP contribution in [0.25, 0.3) is 0 Å². The first kappa shape index (κ1) is 15.4. The number of rotatable bonds is 2. The molecule has 1 aromatic heterocycles. The van der Waals surface area contributed by atoms with Crippen LogP contribution >= 0.6 is 0 Å². The number of aromatic amines is 1. The largest absolute Gasteiger partial charge is 0.458 e. The lowest BCUT2D eigenvalue weighted by atomic mass is 9.75. The molecule has 0 bridgehead atoms. The van der Waals surface area contributed by atoms with Crippen molar-refractivity contribution in [2.24, 2.45) is 5.92 Å². The molecule has 1 aromatic rings. The van der Waals surface area contributed by atoms with Crippen molar-refractivity contribution in [1.82, 2.24) is 20.1 Å². The molecule has 4 rings (SSSR count). The van der Waals surface area contributed by atoms with E-state index in [0.29, 0.717) is 13.1 Å². The number of esters is 1. The number of nitrogens with zero attached hydrogens (tertiary/aromatic N) is 4. The van der Waals surface area contributed by atoms with Crippen LogP contribution in [-0.2, 0) is 14.3 Å². The number of carbonyl (C=O) groups is 2. The maximum absolute atomic E-state index is 13.1. The normalized spacial score (nSPS) is 26.7. The summed E-state index contributed by atoms with van der Waals surface area (Å²) in [5, 5.41) is 6.72. The number of piperazine rings is 1. The van der Waals surface area contributed by atoms with Gasteiger partial charge < -0.3 is 14.5 Å². The Bertz CT molecular complexity index is 603. The maximum atomic E-state index is 13.1. The molecule has 0 aromatic carbocycles. The Morgan fingerprint density at radius 3 is 2.62 bits per heavy atom. The van der Waals surface area contributed by atoms with Gasteiger partial charge in [0.2, 0.25) is 11.9 Å². The molecule has 3 heterocycles. The van der Waals surface area contributed by atoms with Crippen LogP contribution in [0.3, 0.4) is 0 Å². The lowest BCUT2D eigenvalue weighted by Crippen LogP contribution is -2.54. The van der Waals surface area contributed by atoms with E-state index in [1.165, 1.54) is 6.33 Å². The van der Waals surface area contributed by atoms with E-state index in [1.54, 1.807) is 0 Å². The molecule has 0 unspecified atom stereocenters. The van der Waals surface area contributed by atoms with Crippen LogP contribution in [-0.4, -0.2) is 63.7 Å². The SMILES string of the molecule is O=C1C[C@H](C(=O)N2CCN(c3ncn[nH]3)CC2)C2(CCCCC2)O1. The number of ether oxygens (including phenoxy) is 1. The molecule has 1 N–H and O–H groups in total. The molecule has 3 aliphatic rings. The molecular weight excluding hydrogens is 310 g/mol. The Kier molecular flexibility index (Phi) is 3.90. The van der Waals surface area contributed by atoms with Gasteiger partial charge in [-0.3, -0.25) is 9.59 Å². The molecule has 1 atom stereocenters. The van der Waals surface area contributed by atoms with Crippen LogP contribution in [0.5, 0.6) is 0 Å². The van der Waals surface area contributed by atoms with Gasteiger partial charge in [-0.15, -0.1) is 0 Å². The van der Waals surface area contributed by atoms with E-state index in [0.717, 1.165) is 51.1 Å². The van der Waals surface area contributed by atoms with Gasteiger partial charge in [-0.1, -0.05) is 6.42 Å². The zero-order chi connectivity index (χ0) is 16.6. The van der Waals surface area contributed by atoms with Gasteiger partial charge in [-0.25, -0.2) is 5.10 Å². The smallest absolute Gasteiger partial charge is 0.307 e. The monoisotopic (exact) mass is 333 g/mol. The number of amides is 1. The fraction of sp³-hybridized carbons (Fsp3) is 0.750. The van der Waals surface area contributed by atoms with E-state index < -0.39 is 5.60 Å². The highest BCUT2D eigenvalue weighted by atomic mass is 16.6. The lowest BCUT2D eigenvalue weighted by molar-refractivity contribution is -0.155. The summed E-state index contributed by atoms with van der Waals surface area (Å²) in [6, 6.07) is 0. The molecule has 8 heteroatoms. The molecule has 0 radical (unpaired) electrons. The number of hydrogen-bond donors (Lipinski definition) is 1. The fourth-order valence-corrected chi connectivity index (χ4v) is 4.32. The third-order valence-electron chi connectivity index (χ3n) is 5.61. The Morgan fingerprint density at radius 1 is 1.21 bits per heavy atom. The summed E-state index contributed by atoms with van der Waals surface area (Å²) in [5.41, 5.74) is -0.533. The highest BCUT2D eigenvalue weighted by Gasteiger charge is 2.53. The lowest BCUT2D eigenvalue weighted by Gasteiger charge is -2.40. The second kappa shape index (κ2) is 6.07. The first-order valence-electron chi connectivity index (χ1n) is 8.79. The van der Waals surface area contributed by atoms with Gasteiger partial charge in [0.05, 0.1) is 12.3 Å². The Balaban J connectivity index is 1.43. The second-order valence-electron chi connectivity index (χ2n) is 6.98. The van der Waals surface area contributed by atoms with E-state index >= 15 is 0 Å². The number of nitrogens with one attached hydrogen (secondary N) is 1. The van der Waals surface area contributed by atoms with E-state index in [2.05, 4.69) is 20.1 Å². The highest BCUT2D eigenvalue weighted by molar-refractivity contribution is 5.88. The Labute approximate surface area is 140 Å². The second-order valence-corrected chi connectivity index (χ2v) is 6.98. The molecule has 2 saturated heterocycles. The van der Waals surface area contributed by atoms with Crippen molar-refractivity contribution in [1.29, 1.82) is 0 Å². The van der Waals surface area contributed by atoms with Gasteiger partial charge in [-0.05, 0) is 25.7 Å². The van der Waals surface area contributed by atoms with E-state index in [9.17, 15) is 9.59 Å². The summed E-state index contributed by atoms with van der Waals surface area (Å²) in [6.07, 6.45) is 6.62. The predicted molar refractivity (Wildman–Crippen MR) is 85.2 cm³/mol. The number of anilines is 1. The number of hydrogen-bond acceptors (Lipinski definition) is 6. The predicted octanol–water partition coefficient (Wildman–Crippen LogP) is 0.719. The molecule has 2 aliphatic heterocycles. The van der Waals surface area contributed by atoms with Crippen molar-refractivity contribution in [3.63, 3.8) is 0 Å². The van der Waals surface area contributed by atoms with Crippen molar-refractivity contribution in [3.8, 4) is 0 Å². The Hall–Kier alpha value is -2.12. The number of H-pyrrole nitrogens is 1. The molecule has 1 saturated carbocycles. The minimum absolute atomic E-state index is 0.0833. The molecular formula is C16H23N5O3. The van der Waals surface area contributed by atoms with E-state index in [1.807, 2.05) is 4.90 Å². The van der Waals surface area contributed by atoms with Crippen molar-refractivity contribution >= 4 is 17.8 Å². The van der Waals surface area contributed by atoms with Gasteiger partial charge in [0.1, 0.15) is 11.9 Å². The number of carbonyl (C=O) groups excluding carboxylic acids is 2. The van der Waals surface area contributed by atoms with Gasteiger partial charge in [-0.2, -0.15) is 10.1 Å². The van der Waals surface area contributed by atoms with Gasteiger partial charge >= 0.3 is 5.97 Å². The Morgan fingerprint density at radius 2 is 1.96 bits per heavy atom. The summed E-state index contributed by atoms with van der Waals surface area (Å²) in [6.45, 7) is 2.71. The van der Waals surface area contributed by atoms with Gasteiger partial charge in [0.15, 0.2) is 0 Å². The van der Waals surface area contributed by atoms with Gasteiger partial charge in [0.25, 0.3) is 0 Å². The quantitative estimate of drug-likeness (QED) is 0.802. The molecule has 1 amide bonds. The van der Waals surface area contributed by atoms with Crippen molar-refractivity contribution in [2.75, 3.05) is 31.1 Å². The highest BCUT2D eigenvalue weighted by Crippen LogP contribution is 2.45. The molecule has 130 valence electrons. The van der Waals surface area contributed by atoms with Crippen LogP contribution < -0.4 is 4.90 Å².